The van der Waals surface area contributed by atoms with Crippen molar-refractivity contribution in [1.29, 1.82) is 5.26 Å². The van der Waals surface area contributed by atoms with Crippen LogP contribution in [0, 0.1) is 11.3 Å². The van der Waals surface area contributed by atoms with Gasteiger partial charge in [-0.2, -0.15) is 5.26 Å². The van der Waals surface area contributed by atoms with E-state index in [1.165, 1.54) is 0 Å². The summed E-state index contributed by atoms with van der Waals surface area (Å²) >= 11 is 0. The van der Waals surface area contributed by atoms with E-state index in [4.69, 9.17) is 11.0 Å². The van der Waals surface area contributed by atoms with Crippen LogP contribution in [0.2, 0.25) is 0 Å². The molecule has 104 valence electrons. The number of fused-ring (bicyclic) bond motifs is 1. The van der Waals surface area contributed by atoms with E-state index in [0.717, 1.165) is 17.7 Å². The number of urea groups is 1. The second-order valence-electron chi connectivity index (χ2n) is 4.91. The van der Waals surface area contributed by atoms with Gasteiger partial charge in [0, 0.05) is 17.9 Å². The standard InChI is InChI=1S/C16H14N4O/c17-10-11-1-5-14(6-2-11)19-16(21)20-8-7-12-3-4-13(18)9-15(12)20/h1-6,9H,7-8,18H2,(H,19,21). The molecule has 3 rings (SSSR count). The minimum absolute atomic E-state index is 0.191. The van der Waals surface area contributed by atoms with Gasteiger partial charge >= 0.3 is 6.03 Å². The molecule has 5 nitrogen and oxygen atoms in total. The topological polar surface area (TPSA) is 82.2 Å². The lowest BCUT2D eigenvalue weighted by Gasteiger charge is -2.18. The first-order valence-corrected chi connectivity index (χ1v) is 6.64. The number of rotatable bonds is 1. The zero-order chi connectivity index (χ0) is 14.8. The summed E-state index contributed by atoms with van der Waals surface area (Å²) in [7, 11) is 0. The van der Waals surface area contributed by atoms with Gasteiger partial charge in [0.05, 0.1) is 17.3 Å². The molecule has 2 aromatic carbocycles. The Morgan fingerprint density at radius 2 is 2.00 bits per heavy atom. The molecular formula is C16H14N4O. The fourth-order valence-electron chi connectivity index (χ4n) is 2.43. The lowest BCUT2D eigenvalue weighted by molar-refractivity contribution is 0.257. The van der Waals surface area contributed by atoms with Crippen molar-refractivity contribution in [3.8, 4) is 6.07 Å². The number of nitrogens with zero attached hydrogens (tertiary/aromatic N) is 2. The molecule has 0 aliphatic carbocycles. The van der Waals surface area contributed by atoms with Crippen LogP contribution in [0.4, 0.5) is 21.9 Å². The highest BCUT2D eigenvalue weighted by atomic mass is 16.2. The predicted molar refractivity (Wildman–Crippen MR) is 82.1 cm³/mol. The maximum Gasteiger partial charge on any atom is 0.326 e. The van der Waals surface area contributed by atoms with Gasteiger partial charge in [0.2, 0.25) is 0 Å². The van der Waals surface area contributed by atoms with Crippen molar-refractivity contribution >= 4 is 23.1 Å². The third-order valence-corrected chi connectivity index (χ3v) is 3.52. The summed E-state index contributed by atoms with van der Waals surface area (Å²) in [6.45, 7) is 0.640. The molecule has 0 fully saturated rings. The Morgan fingerprint density at radius 3 is 2.71 bits per heavy atom. The highest BCUT2D eigenvalue weighted by molar-refractivity contribution is 6.03. The quantitative estimate of drug-likeness (QED) is 0.787. The Labute approximate surface area is 122 Å². The van der Waals surface area contributed by atoms with Crippen LogP contribution in [0.25, 0.3) is 0 Å². The first-order chi connectivity index (χ1) is 10.2. The monoisotopic (exact) mass is 278 g/mol. The lowest BCUT2D eigenvalue weighted by Crippen LogP contribution is -2.33. The molecule has 0 unspecified atom stereocenters. The molecule has 0 spiro atoms. The first kappa shape index (κ1) is 13.0. The Hall–Kier alpha value is -3.00. The van der Waals surface area contributed by atoms with Crippen molar-refractivity contribution in [2.45, 2.75) is 6.42 Å². The average Bonchev–Trinajstić information content (AvgIpc) is 2.91. The number of nitriles is 1. The van der Waals surface area contributed by atoms with Crippen molar-refractivity contribution in [2.24, 2.45) is 0 Å². The SMILES string of the molecule is N#Cc1ccc(NC(=O)N2CCc3ccc(N)cc32)cc1. The normalized spacial score (nSPS) is 12.6. The first-order valence-electron chi connectivity index (χ1n) is 6.64. The maximum absolute atomic E-state index is 12.4. The number of carbonyl (C=O) groups excluding carboxylic acids is 1. The Kier molecular flexibility index (Phi) is 3.20. The number of hydrogen-bond donors (Lipinski definition) is 2. The van der Waals surface area contributed by atoms with Crippen LogP contribution in [0.15, 0.2) is 42.5 Å². The van der Waals surface area contributed by atoms with E-state index in [2.05, 4.69) is 5.32 Å². The molecule has 0 saturated heterocycles. The van der Waals surface area contributed by atoms with Crippen molar-refractivity contribution in [1.82, 2.24) is 0 Å². The summed E-state index contributed by atoms with van der Waals surface area (Å²) in [4.78, 5) is 14.0. The fourth-order valence-corrected chi connectivity index (χ4v) is 2.43. The molecule has 5 heteroatoms. The molecule has 2 aromatic rings. The summed E-state index contributed by atoms with van der Waals surface area (Å²) in [5, 5.41) is 11.6. The van der Waals surface area contributed by atoms with Crippen LogP contribution in [0.3, 0.4) is 0 Å². The molecule has 0 aromatic heterocycles. The van der Waals surface area contributed by atoms with E-state index in [0.29, 0.717) is 23.5 Å². The van der Waals surface area contributed by atoms with E-state index >= 15 is 0 Å². The number of carbonyl (C=O) groups is 1. The number of nitrogens with two attached hydrogens (primary N) is 1. The van der Waals surface area contributed by atoms with Gasteiger partial charge in [-0.05, 0) is 48.4 Å². The van der Waals surface area contributed by atoms with Crippen LogP contribution in [-0.4, -0.2) is 12.6 Å². The Morgan fingerprint density at radius 1 is 1.24 bits per heavy atom. The van der Waals surface area contributed by atoms with E-state index < -0.39 is 0 Å². The van der Waals surface area contributed by atoms with Crippen molar-refractivity contribution < 1.29 is 4.79 Å². The van der Waals surface area contributed by atoms with E-state index in [-0.39, 0.29) is 6.03 Å². The Balaban J connectivity index is 1.78. The fraction of sp³-hybridized carbons (Fsp3) is 0.125. The molecule has 0 bridgehead atoms. The number of amides is 2. The van der Waals surface area contributed by atoms with Crippen LogP contribution in [-0.2, 0) is 6.42 Å². The van der Waals surface area contributed by atoms with Gasteiger partial charge in [0.15, 0.2) is 0 Å². The van der Waals surface area contributed by atoms with Gasteiger partial charge in [-0.15, -0.1) is 0 Å². The lowest BCUT2D eigenvalue weighted by atomic mass is 10.1. The van der Waals surface area contributed by atoms with Gasteiger partial charge in [-0.3, -0.25) is 4.90 Å². The number of benzene rings is 2. The van der Waals surface area contributed by atoms with Gasteiger partial charge in [-0.1, -0.05) is 6.07 Å². The summed E-state index contributed by atoms with van der Waals surface area (Å²) in [6.07, 6.45) is 0.830. The van der Waals surface area contributed by atoms with Gasteiger partial charge < -0.3 is 11.1 Å². The van der Waals surface area contributed by atoms with Gasteiger partial charge in [-0.25, -0.2) is 4.79 Å². The maximum atomic E-state index is 12.4. The summed E-state index contributed by atoms with van der Waals surface area (Å²) in [5.41, 5.74) is 9.65. The van der Waals surface area contributed by atoms with Crippen molar-refractivity contribution in [3.63, 3.8) is 0 Å². The molecular weight excluding hydrogens is 264 g/mol. The molecule has 0 radical (unpaired) electrons. The zero-order valence-corrected chi connectivity index (χ0v) is 11.3. The van der Waals surface area contributed by atoms with Crippen LogP contribution >= 0.6 is 0 Å². The Bertz CT molecular complexity index is 731. The largest absolute Gasteiger partial charge is 0.399 e. The molecule has 0 atom stereocenters. The summed E-state index contributed by atoms with van der Waals surface area (Å²) < 4.78 is 0. The van der Waals surface area contributed by atoms with Crippen LogP contribution < -0.4 is 16.0 Å². The summed E-state index contributed by atoms with van der Waals surface area (Å²) in [6, 6.07) is 14.3. The minimum atomic E-state index is -0.191. The zero-order valence-electron chi connectivity index (χ0n) is 11.3. The van der Waals surface area contributed by atoms with Crippen LogP contribution in [0.1, 0.15) is 11.1 Å². The molecule has 1 aliphatic heterocycles. The third kappa shape index (κ3) is 2.51. The second kappa shape index (κ2) is 5.17. The smallest absolute Gasteiger partial charge is 0.326 e. The molecule has 3 N–H and O–H groups in total. The molecule has 1 aliphatic rings. The second-order valence-corrected chi connectivity index (χ2v) is 4.91. The third-order valence-electron chi connectivity index (χ3n) is 3.52. The van der Waals surface area contributed by atoms with Gasteiger partial charge in [0.1, 0.15) is 0 Å². The van der Waals surface area contributed by atoms with E-state index in [1.54, 1.807) is 29.2 Å². The number of anilines is 3. The molecule has 21 heavy (non-hydrogen) atoms. The average molecular weight is 278 g/mol. The van der Waals surface area contributed by atoms with E-state index in [9.17, 15) is 4.79 Å². The summed E-state index contributed by atoms with van der Waals surface area (Å²) in [5.74, 6) is 0. The minimum Gasteiger partial charge on any atom is -0.399 e. The molecule has 1 heterocycles. The molecule has 0 saturated carbocycles. The van der Waals surface area contributed by atoms with E-state index in [1.807, 2.05) is 24.3 Å². The predicted octanol–water partition coefficient (Wildman–Crippen LogP) is 2.74. The van der Waals surface area contributed by atoms with Crippen LogP contribution in [0.5, 0.6) is 0 Å². The van der Waals surface area contributed by atoms with Crippen molar-refractivity contribution in [3.05, 3.63) is 53.6 Å². The van der Waals surface area contributed by atoms with Gasteiger partial charge in [0.25, 0.3) is 0 Å². The van der Waals surface area contributed by atoms with Crippen molar-refractivity contribution in [2.75, 3.05) is 22.5 Å². The highest BCUT2D eigenvalue weighted by Crippen LogP contribution is 2.30. The number of nitrogen functional groups attached to an aromatic ring is 1. The highest BCUT2D eigenvalue weighted by Gasteiger charge is 2.24. The number of hydrogen-bond acceptors (Lipinski definition) is 3. The molecule has 2 amide bonds. The number of nitrogens with one attached hydrogen (secondary N) is 1.